The van der Waals surface area contributed by atoms with Gasteiger partial charge >= 0.3 is 12.1 Å². The molecule has 0 aliphatic heterocycles. The molecular weight excluding hydrogens is 189 g/mol. The molecule has 0 aromatic carbocycles. The van der Waals surface area contributed by atoms with Gasteiger partial charge in [-0.25, -0.2) is 4.79 Å². The number of halogens is 3. The maximum absolute atomic E-state index is 11.6. The number of nitrogens with one attached hydrogen (secondary N) is 1. The first-order valence-electron chi connectivity index (χ1n) is 3.18. The smallest absolute Gasteiger partial charge is 0.401 e. The van der Waals surface area contributed by atoms with Crippen molar-refractivity contribution in [2.45, 2.75) is 12.2 Å². The van der Waals surface area contributed by atoms with Crippen LogP contribution in [-0.4, -0.2) is 31.8 Å². The summed E-state index contributed by atoms with van der Waals surface area (Å²) in [6.07, 6.45) is -4.46. The number of methoxy groups -OCH3 is 1. The normalized spacial score (nSPS) is 13.2. The molecule has 0 rings (SSSR count). The van der Waals surface area contributed by atoms with Crippen molar-refractivity contribution in [3.63, 3.8) is 0 Å². The summed E-state index contributed by atoms with van der Waals surface area (Å²) in [5, 5.41) is 9.94. The van der Waals surface area contributed by atoms with Crippen LogP contribution in [-0.2, 0) is 9.53 Å². The zero-order chi connectivity index (χ0) is 10.5. The van der Waals surface area contributed by atoms with Gasteiger partial charge in [0.05, 0.1) is 19.7 Å². The number of carbonyl (C=O) groups excluding carboxylic acids is 1. The van der Waals surface area contributed by atoms with Crippen LogP contribution in [0.15, 0.2) is 0 Å². The third-order valence-electron chi connectivity index (χ3n) is 1.07. The van der Waals surface area contributed by atoms with E-state index in [2.05, 4.69) is 4.74 Å². The summed E-state index contributed by atoms with van der Waals surface area (Å²) < 4.78 is 38.9. The fourth-order valence-electron chi connectivity index (χ4n) is 0.517. The topological polar surface area (TPSA) is 62.1 Å². The second kappa shape index (κ2) is 4.67. The quantitative estimate of drug-likeness (QED) is 0.655. The first-order valence-corrected chi connectivity index (χ1v) is 3.18. The molecule has 74 valence electrons. The summed E-state index contributed by atoms with van der Waals surface area (Å²) in [6.45, 7) is -1.40. The van der Waals surface area contributed by atoms with Gasteiger partial charge in [-0.2, -0.15) is 18.4 Å². The molecule has 1 N–H and O–H groups in total. The lowest BCUT2D eigenvalue weighted by atomic mass is 10.3. The summed E-state index contributed by atoms with van der Waals surface area (Å²) in [7, 11) is 0.988. The number of hydrogen-bond donors (Lipinski definition) is 1. The van der Waals surface area contributed by atoms with Crippen LogP contribution in [0.4, 0.5) is 13.2 Å². The fourth-order valence-corrected chi connectivity index (χ4v) is 0.517. The van der Waals surface area contributed by atoms with E-state index in [-0.39, 0.29) is 0 Å². The monoisotopic (exact) mass is 196 g/mol. The summed E-state index contributed by atoms with van der Waals surface area (Å²) >= 11 is 0. The predicted molar refractivity (Wildman–Crippen MR) is 35.5 cm³/mol. The molecule has 0 fully saturated rings. The number of hydrogen-bond acceptors (Lipinski definition) is 4. The molecule has 0 saturated carbocycles. The Morgan fingerprint density at radius 2 is 2.23 bits per heavy atom. The van der Waals surface area contributed by atoms with E-state index in [1.807, 2.05) is 0 Å². The second-order valence-corrected chi connectivity index (χ2v) is 2.08. The van der Waals surface area contributed by atoms with Crippen LogP contribution in [0.2, 0.25) is 0 Å². The summed E-state index contributed by atoms with van der Waals surface area (Å²) in [5.74, 6) is -1.04. The lowest BCUT2D eigenvalue weighted by molar-refractivity contribution is -0.144. The van der Waals surface area contributed by atoms with E-state index in [1.54, 1.807) is 5.32 Å². The molecule has 4 nitrogen and oxygen atoms in total. The van der Waals surface area contributed by atoms with Crippen LogP contribution in [0.5, 0.6) is 0 Å². The van der Waals surface area contributed by atoms with Crippen LogP contribution < -0.4 is 5.32 Å². The largest absolute Gasteiger partial charge is 0.467 e. The van der Waals surface area contributed by atoms with E-state index in [4.69, 9.17) is 5.26 Å². The summed E-state index contributed by atoms with van der Waals surface area (Å²) in [5.41, 5.74) is 0. The maximum Gasteiger partial charge on any atom is 0.401 e. The Labute approximate surface area is 72.3 Å². The molecule has 0 radical (unpaired) electrons. The van der Waals surface area contributed by atoms with Gasteiger partial charge in [-0.05, 0) is 0 Å². The average molecular weight is 196 g/mol. The molecule has 1 atom stereocenters. The number of ether oxygens (including phenoxy) is 1. The highest BCUT2D eigenvalue weighted by Gasteiger charge is 2.30. The predicted octanol–water partition coefficient (Wildman–Crippen LogP) is 0.203. The van der Waals surface area contributed by atoms with Crippen molar-refractivity contribution < 1.29 is 22.7 Å². The molecule has 7 heteroatoms. The zero-order valence-electron chi connectivity index (χ0n) is 6.68. The molecule has 0 bridgehead atoms. The van der Waals surface area contributed by atoms with Gasteiger partial charge in [0.25, 0.3) is 0 Å². The van der Waals surface area contributed by atoms with Crippen LogP contribution in [0, 0.1) is 11.3 Å². The highest BCUT2D eigenvalue weighted by Crippen LogP contribution is 2.12. The Balaban J connectivity index is 4.03. The maximum atomic E-state index is 11.6. The minimum atomic E-state index is -4.46. The molecule has 1 unspecified atom stereocenters. The van der Waals surface area contributed by atoms with Gasteiger partial charge in [0.2, 0.25) is 0 Å². The van der Waals surface area contributed by atoms with Gasteiger partial charge in [0.1, 0.15) is 0 Å². The van der Waals surface area contributed by atoms with Crippen LogP contribution in [0.1, 0.15) is 0 Å². The van der Waals surface area contributed by atoms with Gasteiger partial charge in [0.15, 0.2) is 6.04 Å². The lowest BCUT2D eigenvalue weighted by Gasteiger charge is -2.10. The standard InChI is InChI=1S/C6H7F3N2O2/c1-13-5(12)4(2-10)11-3-6(7,8)9/h4,11H,3H2,1H3. The third kappa shape index (κ3) is 5.03. The van der Waals surface area contributed by atoms with Gasteiger partial charge in [0, 0.05) is 0 Å². The SMILES string of the molecule is COC(=O)C(C#N)NCC(F)(F)F. The van der Waals surface area contributed by atoms with Crippen molar-refractivity contribution >= 4 is 5.97 Å². The Morgan fingerprint density at radius 1 is 1.69 bits per heavy atom. The average Bonchev–Trinajstić information content (AvgIpc) is 2.03. The molecule has 0 spiro atoms. The highest BCUT2D eigenvalue weighted by atomic mass is 19.4. The number of nitrogens with zero attached hydrogens (tertiary/aromatic N) is 1. The Morgan fingerprint density at radius 3 is 2.54 bits per heavy atom. The first-order chi connectivity index (χ1) is 5.90. The fraction of sp³-hybridized carbons (Fsp3) is 0.667. The minimum Gasteiger partial charge on any atom is -0.467 e. The number of nitriles is 1. The molecule has 0 amide bonds. The molecule has 13 heavy (non-hydrogen) atoms. The molecule has 0 aliphatic carbocycles. The van der Waals surface area contributed by atoms with Crippen LogP contribution in [0.25, 0.3) is 0 Å². The van der Waals surface area contributed by atoms with E-state index < -0.39 is 24.7 Å². The Hall–Kier alpha value is -1.29. The Kier molecular flexibility index (Phi) is 4.20. The van der Waals surface area contributed by atoms with E-state index >= 15 is 0 Å². The van der Waals surface area contributed by atoms with E-state index in [9.17, 15) is 18.0 Å². The van der Waals surface area contributed by atoms with E-state index in [1.165, 1.54) is 6.07 Å². The van der Waals surface area contributed by atoms with Crippen LogP contribution in [0.3, 0.4) is 0 Å². The van der Waals surface area contributed by atoms with Gasteiger partial charge in [-0.1, -0.05) is 0 Å². The number of rotatable bonds is 3. The lowest BCUT2D eigenvalue weighted by Crippen LogP contribution is -2.41. The van der Waals surface area contributed by atoms with Crippen molar-refractivity contribution in [1.82, 2.24) is 5.32 Å². The zero-order valence-corrected chi connectivity index (χ0v) is 6.68. The number of alkyl halides is 3. The van der Waals surface area contributed by atoms with Gasteiger partial charge in [-0.15, -0.1) is 0 Å². The Bertz CT molecular complexity index is 221. The molecule has 0 aromatic rings. The first kappa shape index (κ1) is 11.7. The molecule has 0 aliphatic rings. The molecule has 0 aromatic heterocycles. The van der Waals surface area contributed by atoms with Gasteiger partial charge < -0.3 is 4.74 Å². The molecule has 0 saturated heterocycles. The van der Waals surface area contributed by atoms with Crippen molar-refractivity contribution in [3.05, 3.63) is 0 Å². The molecular formula is C6H7F3N2O2. The molecule has 0 heterocycles. The number of esters is 1. The van der Waals surface area contributed by atoms with Crippen LogP contribution >= 0.6 is 0 Å². The van der Waals surface area contributed by atoms with Crippen molar-refractivity contribution in [3.8, 4) is 6.07 Å². The number of carbonyl (C=O) groups is 1. The second-order valence-electron chi connectivity index (χ2n) is 2.08. The minimum absolute atomic E-state index is 0.988. The third-order valence-corrected chi connectivity index (χ3v) is 1.07. The summed E-state index contributed by atoms with van der Waals surface area (Å²) in [6, 6.07) is -0.238. The van der Waals surface area contributed by atoms with Crippen molar-refractivity contribution in [1.29, 1.82) is 5.26 Å². The van der Waals surface area contributed by atoms with E-state index in [0.717, 1.165) is 7.11 Å². The summed E-state index contributed by atoms with van der Waals surface area (Å²) in [4.78, 5) is 10.6. The van der Waals surface area contributed by atoms with Gasteiger partial charge in [-0.3, -0.25) is 5.32 Å². The van der Waals surface area contributed by atoms with Crippen molar-refractivity contribution in [2.24, 2.45) is 0 Å². The van der Waals surface area contributed by atoms with E-state index in [0.29, 0.717) is 0 Å². The highest BCUT2D eigenvalue weighted by molar-refractivity contribution is 5.78. The van der Waals surface area contributed by atoms with Crippen molar-refractivity contribution in [2.75, 3.05) is 13.7 Å².